The summed E-state index contributed by atoms with van der Waals surface area (Å²) in [5.74, 6) is -0.298. The van der Waals surface area contributed by atoms with Crippen LogP contribution >= 0.6 is 46.3 Å². The number of aromatic nitrogens is 1. The maximum absolute atomic E-state index is 12.0. The summed E-state index contributed by atoms with van der Waals surface area (Å²) in [6, 6.07) is 9.86. The minimum absolute atomic E-state index is 0.000849. The van der Waals surface area contributed by atoms with E-state index in [0.29, 0.717) is 49.2 Å². The Hall–Kier alpha value is -6.13. The largest absolute Gasteiger partial charge is 0.373 e. The Balaban J connectivity index is -0.000000305. The van der Waals surface area contributed by atoms with Gasteiger partial charge in [0.1, 0.15) is 23.1 Å². The van der Waals surface area contributed by atoms with E-state index in [0.717, 1.165) is 94.7 Å². The van der Waals surface area contributed by atoms with E-state index in [9.17, 15) is 43.2 Å². The fourth-order valence-electron chi connectivity index (χ4n) is 8.17. The molecule has 2 saturated heterocycles. The Labute approximate surface area is 761 Å². The first kappa shape index (κ1) is 127. The van der Waals surface area contributed by atoms with Crippen LogP contribution in [0.15, 0.2) is 78.7 Å². The lowest BCUT2D eigenvalue weighted by molar-refractivity contribution is -0.127. The molecule has 0 radical (unpaired) electrons. The molecule has 7 N–H and O–H groups in total. The van der Waals surface area contributed by atoms with Gasteiger partial charge in [-0.05, 0) is 149 Å². The van der Waals surface area contributed by atoms with E-state index in [1.165, 1.54) is 24.6 Å². The van der Waals surface area contributed by atoms with Gasteiger partial charge in [-0.3, -0.25) is 47.1 Å². The van der Waals surface area contributed by atoms with Gasteiger partial charge in [0.2, 0.25) is 47.3 Å². The molecule has 1 aliphatic carbocycles. The van der Waals surface area contributed by atoms with Crippen molar-refractivity contribution in [2.45, 2.75) is 293 Å². The van der Waals surface area contributed by atoms with Crippen molar-refractivity contribution < 1.29 is 47.8 Å². The van der Waals surface area contributed by atoms with Crippen LogP contribution in [0.3, 0.4) is 0 Å². The molecule has 3 aliphatic rings. The molecular formula is C96H176Cl3N11O11S. The minimum atomic E-state index is -0.675. The highest BCUT2D eigenvalue weighted by Gasteiger charge is 2.50. The predicted molar refractivity (Wildman–Crippen MR) is 519 cm³/mol. The lowest BCUT2D eigenvalue weighted by Crippen LogP contribution is -2.37. The van der Waals surface area contributed by atoms with Gasteiger partial charge < -0.3 is 56.5 Å². The van der Waals surface area contributed by atoms with Gasteiger partial charge in [0.25, 0.3) is 5.56 Å². The Kier molecular flexibility index (Phi) is 63.6. The molecule has 0 spiro atoms. The van der Waals surface area contributed by atoms with E-state index in [1.54, 1.807) is 35.6 Å². The topological polar surface area (TPSA) is 298 Å². The number of nitrogens with one attached hydrogen (secondary N) is 7. The third-order valence-corrected chi connectivity index (χ3v) is 17.6. The maximum Gasteiger partial charge on any atom is 0.268 e. The number of carbonyl (C=O) groups is 8. The van der Waals surface area contributed by atoms with Crippen molar-refractivity contribution in [3.8, 4) is 6.07 Å². The number of ether oxygens (including phenoxy) is 2. The molecule has 2 atom stereocenters. The third-order valence-electron chi connectivity index (χ3n) is 15.9. The molecule has 708 valence electrons. The van der Waals surface area contributed by atoms with E-state index < -0.39 is 5.41 Å². The number of alkyl halides is 3. The van der Waals surface area contributed by atoms with E-state index in [-0.39, 0.29) is 119 Å². The van der Waals surface area contributed by atoms with Crippen molar-refractivity contribution in [3.63, 3.8) is 0 Å². The van der Waals surface area contributed by atoms with Gasteiger partial charge >= 0.3 is 0 Å². The number of nitrogens with zero attached hydrogens (tertiary/aromatic N) is 4. The Morgan fingerprint density at radius 1 is 0.516 bits per heavy atom. The Morgan fingerprint density at radius 2 is 0.902 bits per heavy atom. The number of benzene rings is 1. The summed E-state index contributed by atoms with van der Waals surface area (Å²) in [7, 11) is 5.73. The Morgan fingerprint density at radius 3 is 1.21 bits per heavy atom. The molecule has 1 aromatic carbocycles. The molecule has 2 aliphatic heterocycles. The smallest absolute Gasteiger partial charge is 0.268 e. The van der Waals surface area contributed by atoms with E-state index >= 15 is 0 Å². The summed E-state index contributed by atoms with van der Waals surface area (Å²) < 4.78 is 13.1. The van der Waals surface area contributed by atoms with Crippen LogP contribution in [0.4, 0.5) is 0 Å². The minimum Gasteiger partial charge on any atom is -0.373 e. The highest BCUT2D eigenvalue weighted by atomic mass is 35.5. The van der Waals surface area contributed by atoms with Gasteiger partial charge in [-0.1, -0.05) is 277 Å². The van der Waals surface area contributed by atoms with E-state index in [1.807, 2.05) is 60.2 Å². The lowest BCUT2D eigenvalue weighted by Gasteiger charge is -2.23. The zero-order valence-corrected chi connectivity index (χ0v) is 86.6. The average Bonchev–Trinajstić information content (AvgIpc) is 1.62. The zero-order chi connectivity index (χ0) is 96.9. The highest BCUT2D eigenvalue weighted by molar-refractivity contribution is 7.13. The summed E-state index contributed by atoms with van der Waals surface area (Å²) in [4.78, 5) is 103. The molecule has 2 unspecified atom stereocenters. The second-order valence-electron chi connectivity index (χ2n) is 44.4. The molecule has 3 fully saturated rings. The lowest BCUT2D eigenvalue weighted by atomic mass is 9.91. The van der Waals surface area contributed by atoms with Crippen molar-refractivity contribution in [2.75, 3.05) is 111 Å². The number of carbonyl (C=O) groups excluding carboxylic acids is 8. The van der Waals surface area contributed by atoms with Crippen LogP contribution in [0.2, 0.25) is 0 Å². The fraction of sp³-hybridized carbons (Fsp3) is 0.750. The van der Waals surface area contributed by atoms with Gasteiger partial charge in [0, 0.05) is 78.6 Å². The number of likely N-dealkylation sites (N-methyl/N-ethyl adjacent to an activating group) is 1. The summed E-state index contributed by atoms with van der Waals surface area (Å²) >= 11 is 17.5. The Bertz CT molecular complexity index is 3470. The molecule has 2 aromatic rings. The number of epoxide rings is 2. The number of allylic oxidation sites excluding steroid dienone is 1. The van der Waals surface area contributed by atoms with Crippen LogP contribution in [0, 0.1) is 76.3 Å². The number of nitriles is 1. The van der Waals surface area contributed by atoms with Gasteiger partial charge in [-0.2, -0.15) is 5.26 Å². The number of rotatable bonds is 23. The predicted octanol–water partition coefficient (Wildman–Crippen LogP) is 19.1. The molecule has 0 bridgehead atoms. The van der Waals surface area contributed by atoms with Crippen molar-refractivity contribution in [3.05, 3.63) is 84.2 Å². The number of halogens is 3. The number of hydrogen-bond donors (Lipinski definition) is 7. The molecule has 1 saturated carbocycles. The van der Waals surface area contributed by atoms with Crippen LogP contribution in [0.25, 0.3) is 10.1 Å². The normalized spacial score (nSPS) is 14.5. The van der Waals surface area contributed by atoms with Crippen molar-refractivity contribution in [2.24, 2.45) is 65.0 Å². The number of fused-ring (bicyclic) bond motifs is 1. The fourth-order valence-corrected chi connectivity index (χ4v) is 9.82. The quantitative estimate of drug-likeness (QED) is 0.0310. The molecule has 1 aromatic heterocycles. The van der Waals surface area contributed by atoms with Crippen LogP contribution in [0.1, 0.15) is 274 Å². The van der Waals surface area contributed by atoms with Crippen molar-refractivity contribution >= 4 is 104 Å². The second kappa shape index (κ2) is 61.3. The summed E-state index contributed by atoms with van der Waals surface area (Å²) in [5, 5.41) is 28.9. The van der Waals surface area contributed by atoms with Crippen LogP contribution in [-0.2, 0) is 54.4 Å². The van der Waals surface area contributed by atoms with Crippen LogP contribution < -0.4 is 42.8 Å². The second-order valence-corrected chi connectivity index (χ2v) is 46.2. The van der Waals surface area contributed by atoms with E-state index in [4.69, 9.17) is 49.5 Å². The number of amides is 8. The zero-order valence-electron chi connectivity index (χ0n) is 83.5. The molecule has 22 nitrogen and oxygen atoms in total. The van der Waals surface area contributed by atoms with Gasteiger partial charge in [-0.25, -0.2) is 0 Å². The molecule has 5 rings (SSSR count). The molecule has 8 amide bonds. The first-order valence-electron chi connectivity index (χ1n) is 42.8. The van der Waals surface area contributed by atoms with Crippen molar-refractivity contribution in [1.82, 2.24) is 51.0 Å². The first-order valence-corrected chi connectivity index (χ1v) is 45.2. The van der Waals surface area contributed by atoms with Crippen LogP contribution in [0.5, 0.6) is 0 Å². The highest BCUT2D eigenvalue weighted by Crippen LogP contribution is 2.45. The van der Waals surface area contributed by atoms with E-state index in [2.05, 4.69) is 285 Å². The average molecular weight is 1800 g/mol. The van der Waals surface area contributed by atoms with Gasteiger partial charge in [-0.15, -0.1) is 34.8 Å². The molecule has 26 heteroatoms. The van der Waals surface area contributed by atoms with Gasteiger partial charge in [0.05, 0.1) is 41.6 Å². The third kappa shape index (κ3) is 91.6. The monoisotopic (exact) mass is 1800 g/mol. The molecule has 3 heterocycles. The standard InChI is InChI=1S/C12H15NOS.C11H22N2O.C10H16N2O.C9H18ClNO.2C9H17NO.C8H16ClNO.C8H15NO.C7H14ClNO.C7H14O.C6H12O/c1-12(2,3)8-13-11(14)9-6-4-5-7-10(9)15-13;1-11(2,3)9-12-10(14)7-6-8-13(4)5;1-9(2,3)7-12-8(13)10(6-11)4-5-10;1-9(2,3)5-6-11(4)8(12)7-10;1-5-8(11)10-7-6-9(2,3)4;1-5-6-8(11)10-7-9(2,3)4;1-8(2,3)4-5-10-7(11)6-9;1-5-7(10)9-6-8(2,3)4;1-7(2,3)5-9-6(10)4-8;1-7(2,3)4-6-5-8-6;1-6(2,3)5-4-7-5/h4-7H,8H2,1-3H3;6-7H,8-9H2,1-5H3,(H,12,14);4-5,7H2,1-3H3,(H,12,13);5-7H2,1-4H3;5H,1,6-7H2,2-4H3,(H,10,11);5-6H,7H2,1-4H3,(H,10,11);4-6H2,1-3H3,(H,10,11);5H,1,6H2,2-4H3,(H,9,10);4-5H2,1-3H3,(H,9,10);6H,4-5H2,1-3H3;5H,4H2,1-3H3/b;7-6+;;;;6-5+;;;;;. The summed E-state index contributed by atoms with van der Waals surface area (Å²) in [5.41, 5.74) is 1.99. The van der Waals surface area contributed by atoms with Crippen molar-refractivity contribution in [1.29, 1.82) is 5.26 Å². The van der Waals surface area contributed by atoms with Gasteiger partial charge in [0.15, 0.2) is 0 Å². The SMILES string of the molecule is C/C=C/C(=O)NCC(C)(C)C.C=CC(=O)NCC(C)(C)C.C=CC(=O)NCCC(C)(C)C.CC(C)(C)C1CO1.CC(C)(C)CC1CO1.CC(C)(C)CCNC(=O)CCl.CC(C)(C)CNC(=O)C1(C#N)CC1.CC(C)(C)CNC(=O)CCl.CC(C)(C)Cn1sc2ccccc2c1=O.CN(C)C/C=C/C(=O)NCC(C)(C)C.CN(CCC(C)(C)C)C(=O)CCl. The molecule has 122 heavy (non-hydrogen) atoms. The first-order chi connectivity index (χ1) is 55.0. The van der Waals surface area contributed by atoms with Crippen LogP contribution in [-0.4, -0.2) is 184 Å². The summed E-state index contributed by atoms with van der Waals surface area (Å²) in [6.45, 7) is 87.9. The number of hydrogen-bond acceptors (Lipinski definition) is 14. The maximum atomic E-state index is 12.0. The summed E-state index contributed by atoms with van der Waals surface area (Å²) in [6.07, 6.45) is 16.1. The molecular weight excluding hydrogens is 1620 g/mol.